The van der Waals surface area contributed by atoms with Gasteiger partial charge in [0.2, 0.25) is 0 Å². The van der Waals surface area contributed by atoms with E-state index in [1.807, 2.05) is 55.5 Å². The van der Waals surface area contributed by atoms with Crippen LogP contribution in [0.4, 0.5) is 17.3 Å². The van der Waals surface area contributed by atoms with Crippen LogP contribution < -0.4 is 11.1 Å². The summed E-state index contributed by atoms with van der Waals surface area (Å²) in [6, 6.07) is 15.7. The lowest BCUT2D eigenvalue weighted by Crippen LogP contribution is -2.03. The first-order valence-electron chi connectivity index (χ1n) is 6.09. The highest BCUT2D eigenvalue weighted by molar-refractivity contribution is 5.81. The Labute approximate surface area is 111 Å². The summed E-state index contributed by atoms with van der Waals surface area (Å²) in [5.41, 5.74) is 9.70. The average Bonchev–Trinajstić information content (AvgIpc) is 2.42. The molecule has 0 aliphatic heterocycles. The third-order valence-corrected chi connectivity index (χ3v) is 3.00. The average molecular weight is 250 g/mol. The fourth-order valence-corrected chi connectivity index (χ4v) is 1.95. The van der Waals surface area contributed by atoms with Gasteiger partial charge in [0.05, 0.1) is 11.0 Å². The van der Waals surface area contributed by atoms with Crippen molar-refractivity contribution in [2.75, 3.05) is 11.1 Å². The zero-order valence-electron chi connectivity index (χ0n) is 10.6. The number of fused-ring (bicyclic) bond motifs is 1. The van der Waals surface area contributed by atoms with Crippen molar-refractivity contribution in [2.45, 2.75) is 6.92 Å². The van der Waals surface area contributed by atoms with Crippen LogP contribution in [0.3, 0.4) is 0 Å². The third-order valence-electron chi connectivity index (χ3n) is 3.00. The Morgan fingerprint density at radius 3 is 2.26 bits per heavy atom. The zero-order chi connectivity index (χ0) is 13.2. The van der Waals surface area contributed by atoms with E-state index in [4.69, 9.17) is 5.73 Å². The van der Waals surface area contributed by atoms with Crippen LogP contribution in [-0.4, -0.2) is 9.97 Å². The molecule has 19 heavy (non-hydrogen) atoms. The number of para-hydroxylation sites is 3. The van der Waals surface area contributed by atoms with E-state index in [1.165, 1.54) is 0 Å². The van der Waals surface area contributed by atoms with Gasteiger partial charge >= 0.3 is 0 Å². The van der Waals surface area contributed by atoms with Crippen molar-refractivity contribution in [3.05, 3.63) is 54.1 Å². The summed E-state index contributed by atoms with van der Waals surface area (Å²) in [7, 11) is 0. The molecule has 0 radical (unpaired) electrons. The molecule has 0 aliphatic carbocycles. The first-order chi connectivity index (χ1) is 9.24. The van der Waals surface area contributed by atoms with Crippen molar-refractivity contribution in [3.8, 4) is 0 Å². The molecular formula is C15H14N4. The number of nitrogens with zero attached hydrogens (tertiary/aromatic N) is 2. The van der Waals surface area contributed by atoms with Gasteiger partial charge in [-0.05, 0) is 30.7 Å². The second-order valence-corrected chi connectivity index (χ2v) is 4.39. The molecule has 3 rings (SSSR count). The molecule has 3 aromatic rings. The number of aromatic nitrogens is 2. The van der Waals surface area contributed by atoms with Gasteiger partial charge < -0.3 is 11.1 Å². The van der Waals surface area contributed by atoms with E-state index in [9.17, 15) is 0 Å². The SMILES string of the molecule is Cc1ccccc1Nc1nc2ccccc2nc1N. The Hall–Kier alpha value is -2.62. The maximum absolute atomic E-state index is 5.95. The van der Waals surface area contributed by atoms with Crippen LogP contribution in [0.15, 0.2) is 48.5 Å². The molecule has 0 spiro atoms. The Balaban J connectivity index is 2.06. The Kier molecular flexibility index (Phi) is 2.76. The second kappa shape index (κ2) is 4.57. The first-order valence-corrected chi connectivity index (χ1v) is 6.09. The second-order valence-electron chi connectivity index (χ2n) is 4.39. The van der Waals surface area contributed by atoms with Crippen LogP contribution in [0.5, 0.6) is 0 Å². The van der Waals surface area contributed by atoms with Crippen molar-refractivity contribution in [1.82, 2.24) is 9.97 Å². The normalized spacial score (nSPS) is 10.6. The predicted molar refractivity (Wildman–Crippen MR) is 78.4 cm³/mol. The topological polar surface area (TPSA) is 63.8 Å². The predicted octanol–water partition coefficient (Wildman–Crippen LogP) is 3.26. The number of nitrogen functional groups attached to an aromatic ring is 1. The van der Waals surface area contributed by atoms with Gasteiger partial charge in [-0.2, -0.15) is 0 Å². The fraction of sp³-hybridized carbons (Fsp3) is 0.0667. The van der Waals surface area contributed by atoms with E-state index in [0.29, 0.717) is 11.6 Å². The summed E-state index contributed by atoms with van der Waals surface area (Å²) in [6.07, 6.45) is 0. The maximum Gasteiger partial charge on any atom is 0.174 e. The Morgan fingerprint density at radius 2 is 1.53 bits per heavy atom. The van der Waals surface area contributed by atoms with Gasteiger partial charge in [-0.25, -0.2) is 9.97 Å². The molecule has 94 valence electrons. The van der Waals surface area contributed by atoms with Gasteiger partial charge in [0, 0.05) is 5.69 Å². The van der Waals surface area contributed by atoms with Gasteiger partial charge in [-0.15, -0.1) is 0 Å². The van der Waals surface area contributed by atoms with E-state index in [0.717, 1.165) is 22.3 Å². The van der Waals surface area contributed by atoms with Crippen LogP contribution in [0.25, 0.3) is 11.0 Å². The lowest BCUT2D eigenvalue weighted by atomic mass is 10.2. The van der Waals surface area contributed by atoms with Gasteiger partial charge in [0.25, 0.3) is 0 Å². The number of nitrogens with one attached hydrogen (secondary N) is 1. The van der Waals surface area contributed by atoms with Crippen LogP contribution >= 0.6 is 0 Å². The number of hydrogen-bond donors (Lipinski definition) is 2. The quantitative estimate of drug-likeness (QED) is 0.732. The standard InChI is InChI=1S/C15H14N4/c1-10-6-2-3-7-11(10)18-15-14(16)17-12-8-4-5-9-13(12)19-15/h2-9H,1H3,(H2,16,17)(H,18,19). The summed E-state index contributed by atoms with van der Waals surface area (Å²) >= 11 is 0. The molecule has 0 saturated heterocycles. The van der Waals surface area contributed by atoms with E-state index < -0.39 is 0 Å². The molecule has 4 nitrogen and oxygen atoms in total. The summed E-state index contributed by atoms with van der Waals surface area (Å²) in [5, 5.41) is 3.23. The highest BCUT2D eigenvalue weighted by atomic mass is 15.1. The van der Waals surface area contributed by atoms with Crippen molar-refractivity contribution in [3.63, 3.8) is 0 Å². The molecule has 2 aromatic carbocycles. The minimum absolute atomic E-state index is 0.405. The third kappa shape index (κ3) is 2.20. The van der Waals surface area contributed by atoms with Gasteiger partial charge in [0.15, 0.2) is 11.6 Å². The summed E-state index contributed by atoms with van der Waals surface area (Å²) < 4.78 is 0. The van der Waals surface area contributed by atoms with E-state index >= 15 is 0 Å². The van der Waals surface area contributed by atoms with Crippen LogP contribution in [-0.2, 0) is 0 Å². The molecule has 0 saturated carbocycles. The molecule has 0 atom stereocenters. The zero-order valence-corrected chi connectivity index (χ0v) is 10.6. The van der Waals surface area contributed by atoms with E-state index in [1.54, 1.807) is 0 Å². The maximum atomic E-state index is 5.95. The highest BCUT2D eigenvalue weighted by Gasteiger charge is 2.06. The first kappa shape index (κ1) is 11.5. The lowest BCUT2D eigenvalue weighted by Gasteiger charge is -2.10. The fourth-order valence-electron chi connectivity index (χ4n) is 1.95. The van der Waals surface area contributed by atoms with Gasteiger partial charge in [0.1, 0.15) is 0 Å². The molecule has 1 heterocycles. The van der Waals surface area contributed by atoms with Crippen molar-refractivity contribution in [2.24, 2.45) is 0 Å². The van der Waals surface area contributed by atoms with E-state index in [-0.39, 0.29) is 0 Å². The summed E-state index contributed by atoms with van der Waals surface area (Å²) in [4.78, 5) is 8.87. The molecule has 3 N–H and O–H groups in total. The lowest BCUT2D eigenvalue weighted by molar-refractivity contribution is 1.28. The highest BCUT2D eigenvalue weighted by Crippen LogP contribution is 2.24. The molecule has 0 aliphatic rings. The van der Waals surface area contributed by atoms with Crippen LogP contribution in [0.2, 0.25) is 0 Å². The largest absolute Gasteiger partial charge is 0.381 e. The van der Waals surface area contributed by atoms with Crippen LogP contribution in [0.1, 0.15) is 5.56 Å². The smallest absolute Gasteiger partial charge is 0.174 e. The van der Waals surface area contributed by atoms with Gasteiger partial charge in [-0.1, -0.05) is 30.3 Å². The number of hydrogen-bond acceptors (Lipinski definition) is 4. The molecule has 1 aromatic heterocycles. The summed E-state index contributed by atoms with van der Waals surface area (Å²) in [6.45, 7) is 2.03. The number of anilines is 3. The van der Waals surface area contributed by atoms with Crippen molar-refractivity contribution < 1.29 is 0 Å². The molecule has 0 amide bonds. The van der Waals surface area contributed by atoms with E-state index in [2.05, 4.69) is 15.3 Å². The van der Waals surface area contributed by atoms with Crippen molar-refractivity contribution >= 4 is 28.4 Å². The Morgan fingerprint density at radius 1 is 0.895 bits per heavy atom. The summed E-state index contributed by atoms with van der Waals surface area (Å²) in [5.74, 6) is 0.995. The van der Waals surface area contributed by atoms with Gasteiger partial charge in [-0.3, -0.25) is 0 Å². The molecular weight excluding hydrogens is 236 g/mol. The minimum atomic E-state index is 0.405. The molecule has 0 bridgehead atoms. The number of nitrogens with two attached hydrogens (primary N) is 1. The number of aryl methyl sites for hydroxylation is 1. The molecule has 0 unspecified atom stereocenters. The molecule has 4 heteroatoms. The van der Waals surface area contributed by atoms with Crippen LogP contribution in [0, 0.1) is 6.92 Å². The minimum Gasteiger partial charge on any atom is -0.381 e. The van der Waals surface area contributed by atoms with Crippen molar-refractivity contribution in [1.29, 1.82) is 0 Å². The molecule has 0 fully saturated rings. The number of rotatable bonds is 2. The monoisotopic (exact) mass is 250 g/mol. The number of benzene rings is 2. The Bertz CT molecular complexity index is 737.